The number of piperidine rings is 1. The van der Waals surface area contributed by atoms with E-state index in [1.165, 1.54) is 12.1 Å². The molecule has 2 aromatic rings. The number of nitrogens with two attached hydrogens (primary N) is 1. The van der Waals surface area contributed by atoms with Crippen LogP contribution in [0.3, 0.4) is 0 Å². The largest absolute Gasteiger partial charge is 0.365 e. The molecule has 0 unspecified atom stereocenters. The number of likely N-dealkylation sites (tertiary alicyclic amines) is 1. The van der Waals surface area contributed by atoms with Crippen LogP contribution in [0.25, 0.3) is 0 Å². The van der Waals surface area contributed by atoms with Gasteiger partial charge in [-0.2, -0.15) is 0 Å². The Bertz CT molecular complexity index is 694. The monoisotopic (exact) mass is 331 g/mol. The molecule has 0 radical (unpaired) electrons. The van der Waals surface area contributed by atoms with Gasteiger partial charge in [0.15, 0.2) is 0 Å². The van der Waals surface area contributed by atoms with Gasteiger partial charge in [0.2, 0.25) is 0 Å². The van der Waals surface area contributed by atoms with Gasteiger partial charge in [0.05, 0.1) is 18.8 Å². The van der Waals surface area contributed by atoms with Gasteiger partial charge in [-0.3, -0.25) is 4.90 Å². The highest BCUT2D eigenvalue weighted by molar-refractivity contribution is 5.20. The first kappa shape index (κ1) is 15.7. The van der Waals surface area contributed by atoms with Crippen molar-refractivity contribution in [3.05, 3.63) is 47.0 Å². The molecule has 3 heterocycles. The maximum atomic E-state index is 13.1. The second kappa shape index (κ2) is 6.58. The summed E-state index contributed by atoms with van der Waals surface area (Å²) in [5, 5.41) is 8.64. The smallest absolute Gasteiger partial charge is 0.123 e. The van der Waals surface area contributed by atoms with E-state index in [2.05, 4.69) is 15.2 Å². The fraction of sp³-hybridized carbons (Fsp3) is 0.529. The van der Waals surface area contributed by atoms with Gasteiger partial charge in [-0.1, -0.05) is 17.3 Å². The summed E-state index contributed by atoms with van der Waals surface area (Å²) in [5.74, 6) is -0.237. The van der Waals surface area contributed by atoms with Crippen molar-refractivity contribution in [2.45, 2.75) is 44.7 Å². The van der Waals surface area contributed by atoms with Gasteiger partial charge in [0, 0.05) is 25.7 Å². The Kier molecular flexibility index (Phi) is 4.30. The zero-order valence-corrected chi connectivity index (χ0v) is 13.6. The molecule has 0 amide bonds. The van der Waals surface area contributed by atoms with Crippen LogP contribution in [0.4, 0.5) is 4.39 Å². The Morgan fingerprint density at radius 1 is 1.21 bits per heavy atom. The third-order valence-electron chi connectivity index (χ3n) is 4.93. The Morgan fingerprint density at radius 3 is 2.71 bits per heavy atom. The SMILES string of the molecule is NC1CCN(Cc2nnn3c2CO[C@@H](c2ccc(F)cc2)C3)CC1. The summed E-state index contributed by atoms with van der Waals surface area (Å²) in [6.45, 7) is 3.91. The molecule has 4 rings (SSSR count). The van der Waals surface area contributed by atoms with Gasteiger partial charge in [-0.05, 0) is 30.5 Å². The number of rotatable bonds is 3. The van der Waals surface area contributed by atoms with Crippen LogP contribution in [0.15, 0.2) is 24.3 Å². The van der Waals surface area contributed by atoms with Crippen LogP contribution in [-0.4, -0.2) is 39.0 Å². The third kappa shape index (κ3) is 3.19. The highest BCUT2D eigenvalue weighted by Gasteiger charge is 2.26. The quantitative estimate of drug-likeness (QED) is 0.925. The maximum Gasteiger partial charge on any atom is 0.123 e. The van der Waals surface area contributed by atoms with Crippen molar-refractivity contribution in [2.24, 2.45) is 5.73 Å². The standard InChI is InChI=1S/C17H22FN5O/c18-13-3-1-12(2-4-13)17-10-23-16(11-24-17)15(20-21-23)9-22-7-5-14(19)6-8-22/h1-4,14,17H,5-11,19H2/t17-/m1/s1. The lowest BCUT2D eigenvalue weighted by Gasteiger charge is -2.30. The molecule has 24 heavy (non-hydrogen) atoms. The Hall–Kier alpha value is -1.83. The van der Waals surface area contributed by atoms with Crippen molar-refractivity contribution in [3.8, 4) is 0 Å². The van der Waals surface area contributed by atoms with Crippen LogP contribution in [0.2, 0.25) is 0 Å². The molecule has 7 heteroatoms. The molecule has 1 aromatic carbocycles. The van der Waals surface area contributed by atoms with E-state index in [0.29, 0.717) is 19.2 Å². The van der Waals surface area contributed by atoms with Gasteiger partial charge >= 0.3 is 0 Å². The van der Waals surface area contributed by atoms with Crippen LogP contribution >= 0.6 is 0 Å². The fourth-order valence-electron chi connectivity index (χ4n) is 3.39. The highest BCUT2D eigenvalue weighted by atomic mass is 19.1. The molecule has 128 valence electrons. The van der Waals surface area contributed by atoms with Gasteiger partial charge < -0.3 is 10.5 Å². The van der Waals surface area contributed by atoms with E-state index in [1.807, 2.05) is 4.68 Å². The Labute approximate surface area is 140 Å². The van der Waals surface area contributed by atoms with Crippen LogP contribution < -0.4 is 5.73 Å². The van der Waals surface area contributed by atoms with Crippen molar-refractivity contribution in [2.75, 3.05) is 13.1 Å². The minimum absolute atomic E-state index is 0.111. The second-order valence-electron chi connectivity index (χ2n) is 6.63. The minimum Gasteiger partial charge on any atom is -0.365 e. The van der Waals surface area contributed by atoms with E-state index in [9.17, 15) is 4.39 Å². The van der Waals surface area contributed by atoms with Gasteiger partial charge in [-0.15, -0.1) is 5.10 Å². The molecule has 0 spiro atoms. The molecule has 2 aliphatic rings. The van der Waals surface area contributed by atoms with Crippen molar-refractivity contribution < 1.29 is 9.13 Å². The molecular weight excluding hydrogens is 309 g/mol. The van der Waals surface area contributed by atoms with E-state index in [-0.39, 0.29) is 11.9 Å². The number of halogens is 1. The molecule has 1 aromatic heterocycles. The summed E-state index contributed by atoms with van der Waals surface area (Å²) in [7, 11) is 0. The van der Waals surface area contributed by atoms with Crippen LogP contribution in [0.1, 0.15) is 35.9 Å². The summed E-state index contributed by atoms with van der Waals surface area (Å²) >= 11 is 0. The summed E-state index contributed by atoms with van der Waals surface area (Å²) in [6, 6.07) is 6.78. The summed E-state index contributed by atoms with van der Waals surface area (Å²) < 4.78 is 21.0. The number of hydrogen-bond acceptors (Lipinski definition) is 5. The van der Waals surface area contributed by atoms with E-state index in [1.54, 1.807) is 12.1 Å². The Balaban J connectivity index is 1.44. The van der Waals surface area contributed by atoms with E-state index < -0.39 is 0 Å². The molecular formula is C17H22FN5O. The third-order valence-corrected chi connectivity index (χ3v) is 4.93. The molecule has 0 saturated carbocycles. The summed E-state index contributed by atoms with van der Waals surface area (Å²) in [6.07, 6.45) is 1.96. The average Bonchev–Trinajstić information content (AvgIpc) is 3.00. The lowest BCUT2D eigenvalue weighted by molar-refractivity contribution is -0.00218. The molecule has 1 saturated heterocycles. The first-order chi connectivity index (χ1) is 11.7. The van der Waals surface area contributed by atoms with E-state index in [4.69, 9.17) is 10.5 Å². The normalized spacial score (nSPS) is 22.5. The van der Waals surface area contributed by atoms with Crippen molar-refractivity contribution in [3.63, 3.8) is 0 Å². The summed E-state index contributed by atoms with van der Waals surface area (Å²) in [5.41, 5.74) is 8.95. The van der Waals surface area contributed by atoms with Crippen molar-refractivity contribution in [1.29, 1.82) is 0 Å². The van der Waals surface area contributed by atoms with Crippen molar-refractivity contribution in [1.82, 2.24) is 19.9 Å². The van der Waals surface area contributed by atoms with Crippen LogP contribution in [0, 0.1) is 5.82 Å². The predicted octanol–water partition coefficient (Wildman–Crippen LogP) is 1.61. The number of ether oxygens (including phenoxy) is 1. The highest BCUT2D eigenvalue weighted by Crippen LogP contribution is 2.27. The first-order valence-corrected chi connectivity index (χ1v) is 8.45. The molecule has 0 aliphatic carbocycles. The topological polar surface area (TPSA) is 69.2 Å². The Morgan fingerprint density at radius 2 is 1.96 bits per heavy atom. The molecule has 6 nitrogen and oxygen atoms in total. The lowest BCUT2D eigenvalue weighted by Crippen LogP contribution is -2.39. The van der Waals surface area contributed by atoms with Crippen LogP contribution in [0.5, 0.6) is 0 Å². The molecule has 2 N–H and O–H groups in total. The van der Waals surface area contributed by atoms with Gasteiger partial charge in [-0.25, -0.2) is 9.07 Å². The number of nitrogens with zero attached hydrogens (tertiary/aromatic N) is 4. The number of aromatic nitrogens is 3. The number of hydrogen-bond donors (Lipinski definition) is 1. The number of benzene rings is 1. The predicted molar refractivity (Wildman–Crippen MR) is 86.4 cm³/mol. The zero-order valence-electron chi connectivity index (χ0n) is 13.6. The van der Waals surface area contributed by atoms with E-state index >= 15 is 0 Å². The minimum atomic E-state index is -0.237. The van der Waals surface area contributed by atoms with Crippen molar-refractivity contribution >= 4 is 0 Å². The lowest BCUT2D eigenvalue weighted by atomic mass is 10.1. The molecule has 1 atom stereocenters. The molecule has 1 fully saturated rings. The molecule has 0 bridgehead atoms. The second-order valence-corrected chi connectivity index (χ2v) is 6.63. The fourth-order valence-corrected chi connectivity index (χ4v) is 3.39. The number of fused-ring (bicyclic) bond motifs is 1. The first-order valence-electron chi connectivity index (χ1n) is 8.45. The summed E-state index contributed by atoms with van der Waals surface area (Å²) in [4.78, 5) is 2.38. The molecule has 2 aliphatic heterocycles. The van der Waals surface area contributed by atoms with Crippen LogP contribution in [-0.2, 0) is 24.4 Å². The van der Waals surface area contributed by atoms with Gasteiger partial charge in [0.25, 0.3) is 0 Å². The van der Waals surface area contributed by atoms with Gasteiger partial charge in [0.1, 0.15) is 17.6 Å². The maximum absolute atomic E-state index is 13.1. The van der Waals surface area contributed by atoms with E-state index in [0.717, 1.165) is 49.4 Å². The zero-order chi connectivity index (χ0) is 16.5. The average molecular weight is 331 g/mol.